The van der Waals surface area contributed by atoms with Crippen LogP contribution in [0.5, 0.6) is 0 Å². The predicted molar refractivity (Wildman–Crippen MR) is 101 cm³/mol. The zero-order chi connectivity index (χ0) is 19.9. The van der Waals surface area contributed by atoms with Crippen LogP contribution in [0, 0.1) is 0 Å². The van der Waals surface area contributed by atoms with Crippen LogP contribution in [0.15, 0.2) is 70.3 Å². The van der Waals surface area contributed by atoms with Gasteiger partial charge in [0.15, 0.2) is 5.65 Å². The molecule has 0 aliphatic heterocycles. The highest BCUT2D eigenvalue weighted by Gasteiger charge is 2.33. The molecule has 0 spiro atoms. The van der Waals surface area contributed by atoms with Gasteiger partial charge in [-0.25, -0.2) is 9.67 Å². The van der Waals surface area contributed by atoms with Crippen LogP contribution in [0.2, 0.25) is 0 Å². The summed E-state index contributed by atoms with van der Waals surface area (Å²) in [6, 6.07) is 12.5. The molecular formula is C19H12BrF3N4O. The van der Waals surface area contributed by atoms with Crippen molar-refractivity contribution in [2.75, 3.05) is 0 Å². The lowest BCUT2D eigenvalue weighted by atomic mass is 10.1. The molecule has 0 bridgehead atoms. The molecule has 2 aromatic heterocycles. The number of fused-ring (bicyclic) bond motifs is 1. The number of hydrogen-bond acceptors (Lipinski definition) is 3. The van der Waals surface area contributed by atoms with E-state index in [1.807, 2.05) is 24.3 Å². The van der Waals surface area contributed by atoms with Gasteiger partial charge in [0.1, 0.15) is 11.7 Å². The standard InChI is InChI=1S/C19H12BrF3N4O/c20-13-5-7-14(8-6-13)27-17-15(9-25-27)18(28)26(11-24-17)10-12-3-1-2-4-16(12)19(21,22)23/h1-9,11H,10H2. The fourth-order valence-corrected chi connectivity index (χ4v) is 3.22. The average Bonchev–Trinajstić information content (AvgIpc) is 3.09. The van der Waals surface area contributed by atoms with Crippen molar-refractivity contribution in [2.24, 2.45) is 0 Å². The summed E-state index contributed by atoms with van der Waals surface area (Å²) in [6.07, 6.45) is -1.88. The highest BCUT2D eigenvalue weighted by molar-refractivity contribution is 9.10. The van der Waals surface area contributed by atoms with Crippen molar-refractivity contribution in [3.63, 3.8) is 0 Å². The molecule has 0 unspecified atom stereocenters. The van der Waals surface area contributed by atoms with Crippen LogP contribution in [-0.4, -0.2) is 19.3 Å². The zero-order valence-corrected chi connectivity index (χ0v) is 15.8. The normalized spacial score (nSPS) is 11.9. The van der Waals surface area contributed by atoms with E-state index in [-0.39, 0.29) is 17.5 Å². The topological polar surface area (TPSA) is 52.7 Å². The van der Waals surface area contributed by atoms with Gasteiger partial charge in [-0.05, 0) is 35.9 Å². The molecule has 142 valence electrons. The van der Waals surface area contributed by atoms with Crippen molar-refractivity contribution >= 4 is 27.0 Å². The van der Waals surface area contributed by atoms with E-state index in [9.17, 15) is 18.0 Å². The Hall–Kier alpha value is -2.94. The van der Waals surface area contributed by atoms with Gasteiger partial charge in [0, 0.05) is 4.47 Å². The Morgan fingerprint density at radius 1 is 1.04 bits per heavy atom. The molecule has 9 heteroatoms. The number of rotatable bonds is 3. The average molecular weight is 449 g/mol. The van der Waals surface area contributed by atoms with Gasteiger partial charge in [0.2, 0.25) is 0 Å². The number of halogens is 4. The maximum Gasteiger partial charge on any atom is 0.416 e. The minimum atomic E-state index is -4.50. The van der Waals surface area contributed by atoms with Gasteiger partial charge in [0.25, 0.3) is 5.56 Å². The van der Waals surface area contributed by atoms with Crippen LogP contribution in [0.3, 0.4) is 0 Å². The maximum absolute atomic E-state index is 13.2. The van der Waals surface area contributed by atoms with Crippen molar-refractivity contribution < 1.29 is 13.2 Å². The maximum atomic E-state index is 13.2. The van der Waals surface area contributed by atoms with Crippen molar-refractivity contribution in [1.82, 2.24) is 19.3 Å². The molecule has 0 radical (unpaired) electrons. The Morgan fingerprint density at radius 2 is 1.75 bits per heavy atom. The van der Waals surface area contributed by atoms with Crippen LogP contribution >= 0.6 is 15.9 Å². The molecule has 2 aromatic carbocycles. The van der Waals surface area contributed by atoms with Crippen molar-refractivity contribution in [1.29, 1.82) is 0 Å². The zero-order valence-electron chi connectivity index (χ0n) is 14.2. The molecule has 0 fully saturated rings. The van der Waals surface area contributed by atoms with E-state index in [4.69, 9.17) is 0 Å². The lowest BCUT2D eigenvalue weighted by Gasteiger charge is -2.13. The Labute approximate surface area is 165 Å². The molecule has 0 amide bonds. The molecule has 4 aromatic rings. The summed E-state index contributed by atoms with van der Waals surface area (Å²) in [5, 5.41) is 4.44. The van der Waals surface area contributed by atoms with Crippen LogP contribution in [0.4, 0.5) is 13.2 Å². The Balaban J connectivity index is 1.77. The first-order chi connectivity index (χ1) is 13.3. The highest BCUT2D eigenvalue weighted by atomic mass is 79.9. The van der Waals surface area contributed by atoms with Gasteiger partial charge in [0.05, 0.1) is 24.0 Å². The third-order valence-electron chi connectivity index (χ3n) is 4.29. The molecule has 0 saturated carbocycles. The molecule has 5 nitrogen and oxygen atoms in total. The number of nitrogens with zero attached hydrogens (tertiary/aromatic N) is 4. The lowest BCUT2D eigenvalue weighted by Crippen LogP contribution is -2.22. The molecule has 0 atom stereocenters. The van der Waals surface area contributed by atoms with Crippen molar-refractivity contribution in [2.45, 2.75) is 12.7 Å². The molecule has 2 heterocycles. The number of hydrogen-bond donors (Lipinski definition) is 0. The van der Waals surface area contributed by atoms with E-state index >= 15 is 0 Å². The minimum Gasteiger partial charge on any atom is -0.294 e. The summed E-state index contributed by atoms with van der Waals surface area (Å²) < 4.78 is 43.2. The second-order valence-corrected chi connectivity index (χ2v) is 7.02. The van der Waals surface area contributed by atoms with Crippen molar-refractivity contribution in [3.8, 4) is 5.69 Å². The molecule has 0 aliphatic carbocycles. The van der Waals surface area contributed by atoms with Gasteiger partial charge in [-0.3, -0.25) is 9.36 Å². The molecule has 28 heavy (non-hydrogen) atoms. The third-order valence-corrected chi connectivity index (χ3v) is 4.82. The second-order valence-electron chi connectivity index (χ2n) is 6.10. The summed E-state index contributed by atoms with van der Waals surface area (Å²) in [4.78, 5) is 17.0. The molecule has 4 rings (SSSR count). The minimum absolute atomic E-state index is 0.00134. The number of aromatic nitrogens is 4. The molecule has 0 aliphatic rings. The van der Waals surface area contributed by atoms with Crippen molar-refractivity contribution in [3.05, 3.63) is 87.0 Å². The van der Waals surface area contributed by atoms with Crippen LogP contribution in [0.25, 0.3) is 16.7 Å². The quantitative estimate of drug-likeness (QED) is 0.466. The molecule has 0 saturated heterocycles. The van der Waals surface area contributed by atoms with Crippen LogP contribution < -0.4 is 5.56 Å². The SMILES string of the molecule is O=c1c2cnn(-c3ccc(Br)cc3)c2ncn1Cc1ccccc1C(F)(F)F. The highest BCUT2D eigenvalue weighted by Crippen LogP contribution is 2.32. The Bertz CT molecular complexity index is 1210. The van der Waals surface area contributed by atoms with E-state index in [1.165, 1.54) is 35.4 Å². The summed E-state index contributed by atoms with van der Waals surface area (Å²) in [5.41, 5.74) is -0.172. The van der Waals surface area contributed by atoms with Gasteiger partial charge in [-0.1, -0.05) is 34.1 Å². The summed E-state index contributed by atoms with van der Waals surface area (Å²) in [6.45, 7) is -0.235. The summed E-state index contributed by atoms with van der Waals surface area (Å²) in [5.74, 6) is 0. The largest absolute Gasteiger partial charge is 0.416 e. The number of alkyl halides is 3. The molecular weight excluding hydrogens is 437 g/mol. The number of benzene rings is 2. The fraction of sp³-hybridized carbons (Fsp3) is 0.105. The van der Waals surface area contributed by atoms with E-state index < -0.39 is 17.3 Å². The van der Waals surface area contributed by atoms with E-state index in [0.717, 1.165) is 15.1 Å². The predicted octanol–water partition coefficient (Wildman–Crippen LogP) is 4.41. The van der Waals surface area contributed by atoms with Crippen LogP contribution in [-0.2, 0) is 12.7 Å². The Morgan fingerprint density at radius 3 is 2.46 bits per heavy atom. The second kappa shape index (κ2) is 6.90. The van der Waals surface area contributed by atoms with Gasteiger partial charge < -0.3 is 0 Å². The van der Waals surface area contributed by atoms with Gasteiger partial charge >= 0.3 is 6.18 Å². The van der Waals surface area contributed by atoms with E-state index in [2.05, 4.69) is 26.0 Å². The van der Waals surface area contributed by atoms with E-state index in [1.54, 1.807) is 0 Å². The van der Waals surface area contributed by atoms with Gasteiger partial charge in [-0.2, -0.15) is 18.3 Å². The van der Waals surface area contributed by atoms with E-state index in [0.29, 0.717) is 11.3 Å². The molecule has 0 N–H and O–H groups in total. The van der Waals surface area contributed by atoms with Crippen LogP contribution in [0.1, 0.15) is 11.1 Å². The third kappa shape index (κ3) is 3.33. The first-order valence-electron chi connectivity index (χ1n) is 8.19. The summed E-state index contributed by atoms with van der Waals surface area (Å²) >= 11 is 3.35. The first-order valence-corrected chi connectivity index (χ1v) is 8.98. The van der Waals surface area contributed by atoms with Gasteiger partial charge in [-0.15, -0.1) is 0 Å². The first kappa shape index (κ1) is 18.4. The fourth-order valence-electron chi connectivity index (χ4n) is 2.95. The smallest absolute Gasteiger partial charge is 0.294 e. The monoisotopic (exact) mass is 448 g/mol. The lowest BCUT2D eigenvalue weighted by molar-refractivity contribution is -0.138. The Kier molecular flexibility index (Phi) is 4.54. The summed E-state index contributed by atoms with van der Waals surface area (Å²) in [7, 11) is 0.